The molecule has 2 atom stereocenters. The quantitative estimate of drug-likeness (QED) is 0.561. The van der Waals surface area contributed by atoms with Crippen molar-refractivity contribution in [1.82, 2.24) is 0 Å². The Morgan fingerprint density at radius 3 is 2.19 bits per heavy atom. The van der Waals surface area contributed by atoms with Crippen LogP contribution in [0.15, 0.2) is 54.6 Å². The molecule has 0 unspecified atom stereocenters. The Hall–Kier alpha value is -2.95. The highest BCUT2D eigenvalue weighted by molar-refractivity contribution is 5.99. The molecule has 5 nitrogen and oxygen atoms in total. The van der Waals surface area contributed by atoms with Gasteiger partial charge in [-0.3, -0.25) is 14.4 Å². The molecule has 27 heavy (non-hydrogen) atoms. The average molecular weight is 367 g/mol. The van der Waals surface area contributed by atoms with E-state index in [2.05, 4.69) is 5.32 Å². The fourth-order valence-corrected chi connectivity index (χ4v) is 2.85. The second-order valence-electron chi connectivity index (χ2n) is 6.56. The van der Waals surface area contributed by atoms with Crippen LogP contribution >= 0.6 is 0 Å². The van der Waals surface area contributed by atoms with Crippen molar-refractivity contribution in [2.24, 2.45) is 5.92 Å². The first-order valence-corrected chi connectivity index (χ1v) is 9.04. The normalized spacial score (nSPS) is 12.7. The zero-order valence-corrected chi connectivity index (χ0v) is 15.9. The first kappa shape index (κ1) is 20.4. The number of nitrogens with one attached hydrogen (secondary N) is 1. The third-order valence-corrected chi connectivity index (χ3v) is 4.50. The van der Waals surface area contributed by atoms with Crippen LogP contribution in [0.4, 0.5) is 5.69 Å². The lowest BCUT2D eigenvalue weighted by Gasteiger charge is -2.21. The molecule has 5 heteroatoms. The van der Waals surface area contributed by atoms with Crippen LogP contribution < -0.4 is 5.32 Å². The van der Waals surface area contributed by atoms with E-state index in [1.165, 1.54) is 6.92 Å². The van der Waals surface area contributed by atoms with Crippen LogP contribution in [0.25, 0.3) is 0 Å². The highest BCUT2D eigenvalue weighted by Crippen LogP contribution is 2.28. The number of Topliss-reactive ketones (excluding diaryl/α,β-unsaturated/α-hetero) is 1. The maximum absolute atomic E-state index is 12.6. The van der Waals surface area contributed by atoms with Gasteiger partial charge < -0.3 is 10.1 Å². The van der Waals surface area contributed by atoms with Crippen molar-refractivity contribution < 1.29 is 19.1 Å². The molecule has 0 bridgehead atoms. The topological polar surface area (TPSA) is 72.5 Å². The van der Waals surface area contributed by atoms with E-state index >= 15 is 0 Å². The third kappa shape index (κ3) is 5.78. The van der Waals surface area contributed by atoms with Crippen LogP contribution in [0.1, 0.15) is 49.0 Å². The van der Waals surface area contributed by atoms with E-state index in [9.17, 15) is 14.4 Å². The lowest BCUT2D eigenvalue weighted by molar-refractivity contribution is -0.145. The van der Waals surface area contributed by atoms with Gasteiger partial charge >= 0.3 is 5.97 Å². The summed E-state index contributed by atoms with van der Waals surface area (Å²) in [5.41, 5.74) is 1.93. The van der Waals surface area contributed by atoms with Crippen LogP contribution in [0.5, 0.6) is 0 Å². The predicted molar refractivity (Wildman–Crippen MR) is 105 cm³/mol. The van der Waals surface area contributed by atoms with E-state index in [4.69, 9.17) is 4.74 Å². The van der Waals surface area contributed by atoms with Gasteiger partial charge in [-0.2, -0.15) is 0 Å². The van der Waals surface area contributed by atoms with Gasteiger partial charge in [0.15, 0.2) is 12.4 Å². The Balaban J connectivity index is 2.01. The number of anilines is 1. The number of rotatable bonds is 8. The minimum atomic E-state index is -0.397. The minimum absolute atomic E-state index is 0.104. The number of carbonyl (C=O) groups excluding carboxylic acids is 3. The Morgan fingerprint density at radius 1 is 1.00 bits per heavy atom. The molecule has 0 aliphatic carbocycles. The van der Waals surface area contributed by atoms with Gasteiger partial charge in [-0.25, -0.2) is 0 Å². The summed E-state index contributed by atoms with van der Waals surface area (Å²) in [4.78, 5) is 36.0. The molecule has 1 amide bonds. The highest BCUT2D eigenvalue weighted by Gasteiger charge is 2.27. The molecule has 0 aliphatic heterocycles. The summed E-state index contributed by atoms with van der Waals surface area (Å²) >= 11 is 0. The number of carbonyl (C=O) groups is 3. The summed E-state index contributed by atoms with van der Waals surface area (Å²) in [5, 5.41) is 2.64. The maximum Gasteiger partial charge on any atom is 0.314 e. The average Bonchev–Trinajstić information content (AvgIpc) is 2.67. The first-order valence-electron chi connectivity index (χ1n) is 9.04. The molecule has 0 aromatic heterocycles. The van der Waals surface area contributed by atoms with Gasteiger partial charge in [-0.1, -0.05) is 50.6 Å². The van der Waals surface area contributed by atoms with Crippen LogP contribution in [-0.2, 0) is 14.3 Å². The largest absolute Gasteiger partial charge is 0.457 e. The van der Waals surface area contributed by atoms with Crippen LogP contribution in [-0.4, -0.2) is 24.3 Å². The van der Waals surface area contributed by atoms with E-state index in [1.807, 2.05) is 44.2 Å². The number of ketones is 1. The Bertz CT molecular complexity index is 784. The Morgan fingerprint density at radius 2 is 1.63 bits per heavy atom. The lowest BCUT2D eigenvalue weighted by atomic mass is 9.85. The van der Waals surface area contributed by atoms with Gasteiger partial charge in [-0.15, -0.1) is 0 Å². The van der Waals surface area contributed by atoms with Crippen LogP contribution in [0, 0.1) is 5.92 Å². The third-order valence-electron chi connectivity index (χ3n) is 4.50. The zero-order valence-electron chi connectivity index (χ0n) is 15.9. The second-order valence-corrected chi connectivity index (χ2v) is 6.56. The van der Waals surface area contributed by atoms with E-state index in [-0.39, 0.29) is 24.2 Å². The molecule has 0 heterocycles. The van der Waals surface area contributed by atoms with E-state index in [0.29, 0.717) is 11.3 Å². The SMILES string of the molecule is CC[C@H](C)[C@H](C(=O)OCC(=O)c1ccc(NC(C)=O)cc1)c1ccccc1. The molecule has 0 fully saturated rings. The molecule has 2 rings (SSSR count). The Kier molecular flexibility index (Phi) is 7.29. The van der Waals surface area contributed by atoms with Crippen molar-refractivity contribution in [3.8, 4) is 0 Å². The van der Waals surface area contributed by atoms with Crippen molar-refractivity contribution in [2.75, 3.05) is 11.9 Å². The monoisotopic (exact) mass is 367 g/mol. The fraction of sp³-hybridized carbons (Fsp3) is 0.318. The van der Waals surface area contributed by atoms with E-state index in [0.717, 1.165) is 12.0 Å². The number of amides is 1. The smallest absolute Gasteiger partial charge is 0.314 e. The second kappa shape index (κ2) is 9.67. The number of hydrogen-bond donors (Lipinski definition) is 1. The molecule has 142 valence electrons. The molecule has 0 saturated heterocycles. The predicted octanol–water partition coefficient (Wildman–Crippen LogP) is 4.20. The van der Waals surface area contributed by atoms with Crippen molar-refractivity contribution in [1.29, 1.82) is 0 Å². The van der Waals surface area contributed by atoms with Crippen molar-refractivity contribution >= 4 is 23.3 Å². The first-order chi connectivity index (χ1) is 12.9. The molecular formula is C22H25NO4. The van der Waals surface area contributed by atoms with Gasteiger partial charge in [0.1, 0.15) is 0 Å². The van der Waals surface area contributed by atoms with Crippen molar-refractivity contribution in [2.45, 2.75) is 33.1 Å². The summed E-state index contributed by atoms with van der Waals surface area (Å²) < 4.78 is 5.33. The molecule has 2 aromatic rings. The zero-order chi connectivity index (χ0) is 19.8. The van der Waals surface area contributed by atoms with Gasteiger partial charge in [0, 0.05) is 18.2 Å². The van der Waals surface area contributed by atoms with Gasteiger partial charge in [0.05, 0.1) is 5.92 Å². The number of esters is 1. The standard InChI is InChI=1S/C22H25NO4/c1-4-15(2)21(18-8-6-5-7-9-18)22(26)27-14-20(25)17-10-12-19(13-11-17)23-16(3)24/h5-13,15,21H,4,14H2,1-3H3,(H,23,24)/t15-,21-/m0/s1. The van der Waals surface area contributed by atoms with Gasteiger partial charge in [0.25, 0.3) is 0 Å². The van der Waals surface area contributed by atoms with Gasteiger partial charge in [-0.05, 0) is 35.7 Å². The summed E-state index contributed by atoms with van der Waals surface area (Å²) in [6.45, 7) is 5.13. The Labute approximate surface area is 159 Å². The molecule has 0 spiro atoms. The number of benzene rings is 2. The van der Waals surface area contributed by atoms with Crippen LogP contribution in [0.2, 0.25) is 0 Å². The number of ether oxygens (including phenoxy) is 1. The molecule has 0 radical (unpaired) electrons. The summed E-state index contributed by atoms with van der Waals surface area (Å²) in [6.07, 6.45) is 0.827. The lowest BCUT2D eigenvalue weighted by Crippen LogP contribution is -2.24. The van der Waals surface area contributed by atoms with Crippen molar-refractivity contribution in [3.63, 3.8) is 0 Å². The fourth-order valence-electron chi connectivity index (χ4n) is 2.85. The molecular weight excluding hydrogens is 342 g/mol. The van der Waals surface area contributed by atoms with Crippen LogP contribution in [0.3, 0.4) is 0 Å². The highest BCUT2D eigenvalue weighted by atomic mass is 16.5. The summed E-state index contributed by atoms with van der Waals surface area (Å²) in [5.74, 6) is -1.15. The minimum Gasteiger partial charge on any atom is -0.457 e. The number of hydrogen-bond acceptors (Lipinski definition) is 4. The molecule has 1 N–H and O–H groups in total. The van der Waals surface area contributed by atoms with Crippen molar-refractivity contribution in [3.05, 3.63) is 65.7 Å². The van der Waals surface area contributed by atoms with E-state index < -0.39 is 11.9 Å². The summed E-state index contributed by atoms with van der Waals surface area (Å²) in [7, 11) is 0. The maximum atomic E-state index is 12.6. The molecule has 0 aliphatic rings. The summed E-state index contributed by atoms with van der Waals surface area (Å²) in [6, 6.07) is 16.0. The molecule has 2 aromatic carbocycles. The molecule has 0 saturated carbocycles. The van der Waals surface area contributed by atoms with E-state index in [1.54, 1.807) is 24.3 Å². The van der Waals surface area contributed by atoms with Gasteiger partial charge in [0.2, 0.25) is 5.91 Å².